The highest BCUT2D eigenvalue weighted by molar-refractivity contribution is 7.91. The predicted molar refractivity (Wildman–Crippen MR) is 99.7 cm³/mol. The van der Waals surface area contributed by atoms with Gasteiger partial charge in [0.2, 0.25) is 5.91 Å². The Morgan fingerprint density at radius 2 is 1.96 bits per heavy atom. The molecule has 0 aromatic heterocycles. The number of halogens is 1. The zero-order valence-corrected chi connectivity index (χ0v) is 16.2. The van der Waals surface area contributed by atoms with Crippen LogP contribution in [0.3, 0.4) is 0 Å². The Kier molecular flexibility index (Phi) is 7.14. The molecule has 9 heteroatoms. The largest absolute Gasteiger partial charge is 0.490 e. The number of hydrogen-bond acceptors (Lipinski definition) is 6. The van der Waals surface area contributed by atoms with E-state index >= 15 is 0 Å². The van der Waals surface area contributed by atoms with Crippen LogP contribution in [0.15, 0.2) is 23.1 Å². The summed E-state index contributed by atoms with van der Waals surface area (Å²) in [6, 6.07) is 4.61. The highest BCUT2D eigenvalue weighted by Gasteiger charge is 2.27. The summed E-state index contributed by atoms with van der Waals surface area (Å²) >= 11 is 0. The standard InChI is InChI=1S/C17H24N2O5S.ClH/c18-11-13-4-6-19(12-13)17(20)5-9-25(21,22)14-2-3-15-16(10-14)24-8-1-7-23-15;/h2-3,10,13H,1,4-9,11-12,18H2;1H. The third-order valence-electron chi connectivity index (χ3n) is 4.63. The van der Waals surface area contributed by atoms with Crippen LogP contribution in [0, 0.1) is 5.92 Å². The molecule has 2 N–H and O–H groups in total. The molecule has 2 aliphatic heterocycles. The Morgan fingerprint density at radius 3 is 2.65 bits per heavy atom. The van der Waals surface area contributed by atoms with Crippen LogP contribution in [0.2, 0.25) is 0 Å². The first-order valence-corrected chi connectivity index (χ1v) is 10.2. The average molecular weight is 405 g/mol. The lowest BCUT2D eigenvalue weighted by atomic mass is 10.1. The van der Waals surface area contributed by atoms with Gasteiger partial charge in [-0.15, -0.1) is 12.4 Å². The van der Waals surface area contributed by atoms with E-state index in [1.807, 2.05) is 0 Å². The summed E-state index contributed by atoms with van der Waals surface area (Å²) < 4.78 is 36.2. The fourth-order valence-electron chi connectivity index (χ4n) is 3.09. The first kappa shape index (κ1) is 20.8. The molecule has 0 spiro atoms. The molecule has 3 rings (SSSR count). The van der Waals surface area contributed by atoms with E-state index in [4.69, 9.17) is 15.2 Å². The summed E-state index contributed by atoms with van der Waals surface area (Å²) in [5.41, 5.74) is 5.63. The van der Waals surface area contributed by atoms with E-state index in [-0.39, 0.29) is 35.4 Å². The lowest BCUT2D eigenvalue weighted by molar-refractivity contribution is -0.129. The topological polar surface area (TPSA) is 98.9 Å². The number of carbonyl (C=O) groups is 1. The Hall–Kier alpha value is -1.51. The number of benzene rings is 1. The van der Waals surface area contributed by atoms with Gasteiger partial charge in [0.15, 0.2) is 21.3 Å². The molecular weight excluding hydrogens is 380 g/mol. The van der Waals surface area contributed by atoms with Gasteiger partial charge in [-0.3, -0.25) is 4.79 Å². The summed E-state index contributed by atoms with van der Waals surface area (Å²) in [5, 5.41) is 0. The second-order valence-corrected chi connectivity index (χ2v) is 8.57. The maximum absolute atomic E-state index is 12.6. The molecule has 0 radical (unpaired) electrons. The zero-order valence-electron chi connectivity index (χ0n) is 14.6. The zero-order chi connectivity index (χ0) is 17.9. The predicted octanol–water partition coefficient (Wildman–Crippen LogP) is 1.24. The van der Waals surface area contributed by atoms with Gasteiger partial charge in [-0.2, -0.15) is 0 Å². The van der Waals surface area contributed by atoms with Crippen LogP contribution in [0.1, 0.15) is 19.3 Å². The number of nitrogens with two attached hydrogens (primary N) is 1. The highest BCUT2D eigenvalue weighted by atomic mass is 35.5. The molecule has 0 aliphatic carbocycles. The Labute approximate surface area is 160 Å². The number of nitrogens with zero attached hydrogens (tertiary/aromatic N) is 1. The minimum atomic E-state index is -3.56. The first-order valence-electron chi connectivity index (χ1n) is 8.60. The fourth-order valence-corrected chi connectivity index (χ4v) is 4.33. The van der Waals surface area contributed by atoms with Gasteiger partial charge >= 0.3 is 0 Å². The van der Waals surface area contributed by atoms with Crippen LogP contribution in [-0.4, -0.2) is 57.8 Å². The third kappa shape index (κ3) is 4.81. The van der Waals surface area contributed by atoms with Crippen LogP contribution in [0.5, 0.6) is 11.5 Å². The van der Waals surface area contributed by atoms with Crippen LogP contribution < -0.4 is 15.2 Å². The molecule has 146 valence electrons. The second-order valence-electron chi connectivity index (χ2n) is 6.46. The molecule has 2 aliphatic rings. The minimum absolute atomic E-state index is 0. The van der Waals surface area contributed by atoms with Crippen molar-refractivity contribution in [2.45, 2.75) is 24.2 Å². The van der Waals surface area contributed by atoms with Gasteiger partial charge in [-0.25, -0.2) is 8.42 Å². The molecule has 1 amide bonds. The molecule has 0 bridgehead atoms. The van der Waals surface area contributed by atoms with Crippen LogP contribution in [0.25, 0.3) is 0 Å². The van der Waals surface area contributed by atoms with Gasteiger partial charge in [0.25, 0.3) is 0 Å². The monoisotopic (exact) mass is 404 g/mol. The molecule has 26 heavy (non-hydrogen) atoms. The van der Waals surface area contributed by atoms with Crippen molar-refractivity contribution in [2.24, 2.45) is 11.7 Å². The van der Waals surface area contributed by atoms with Crippen LogP contribution >= 0.6 is 12.4 Å². The number of likely N-dealkylation sites (tertiary alicyclic amines) is 1. The van der Waals surface area contributed by atoms with Gasteiger partial charge in [0.05, 0.1) is 23.9 Å². The van der Waals surface area contributed by atoms with Crippen molar-refractivity contribution >= 4 is 28.2 Å². The maximum atomic E-state index is 12.6. The van der Waals surface area contributed by atoms with Gasteiger partial charge in [0.1, 0.15) is 0 Å². The molecule has 2 heterocycles. The number of rotatable bonds is 5. The molecule has 1 atom stereocenters. The number of hydrogen-bond donors (Lipinski definition) is 1. The SMILES string of the molecule is Cl.NCC1CCN(C(=O)CCS(=O)(=O)c2ccc3c(c2)OCCCO3)C1. The summed E-state index contributed by atoms with van der Waals surface area (Å²) in [7, 11) is -3.56. The van der Waals surface area contributed by atoms with Gasteiger partial charge in [-0.05, 0) is 31.0 Å². The Bertz CT molecular complexity index is 741. The van der Waals surface area contributed by atoms with Crippen LogP contribution in [-0.2, 0) is 14.6 Å². The van der Waals surface area contributed by atoms with E-state index in [0.717, 1.165) is 12.8 Å². The van der Waals surface area contributed by atoms with Crippen molar-refractivity contribution in [3.8, 4) is 11.5 Å². The van der Waals surface area contributed by atoms with E-state index in [1.165, 1.54) is 12.1 Å². The smallest absolute Gasteiger partial charge is 0.223 e. The molecule has 1 aromatic carbocycles. The first-order chi connectivity index (χ1) is 12.0. The summed E-state index contributed by atoms with van der Waals surface area (Å²) in [6.45, 7) is 2.88. The Morgan fingerprint density at radius 1 is 1.23 bits per heavy atom. The number of fused-ring (bicyclic) bond motifs is 1. The van der Waals surface area contributed by atoms with Crippen molar-refractivity contribution in [1.82, 2.24) is 4.90 Å². The van der Waals surface area contributed by atoms with Crippen LogP contribution in [0.4, 0.5) is 0 Å². The Balaban J connectivity index is 0.00000243. The van der Waals surface area contributed by atoms with E-state index in [0.29, 0.717) is 50.3 Å². The molecule has 1 aromatic rings. The van der Waals surface area contributed by atoms with E-state index in [2.05, 4.69) is 0 Å². The summed E-state index contributed by atoms with van der Waals surface area (Å²) in [5.74, 6) is 0.971. The molecular formula is C17H25ClN2O5S. The summed E-state index contributed by atoms with van der Waals surface area (Å²) in [4.78, 5) is 14.1. The molecule has 1 fully saturated rings. The van der Waals surface area contributed by atoms with Crippen molar-refractivity contribution in [1.29, 1.82) is 0 Å². The van der Waals surface area contributed by atoms with E-state index in [9.17, 15) is 13.2 Å². The van der Waals surface area contributed by atoms with Crippen molar-refractivity contribution in [2.75, 3.05) is 38.6 Å². The average Bonchev–Trinajstić information content (AvgIpc) is 2.97. The lowest BCUT2D eigenvalue weighted by Crippen LogP contribution is -2.31. The van der Waals surface area contributed by atoms with Gasteiger partial charge in [0, 0.05) is 32.0 Å². The lowest BCUT2D eigenvalue weighted by Gasteiger charge is -2.16. The third-order valence-corrected chi connectivity index (χ3v) is 6.35. The number of ether oxygens (including phenoxy) is 2. The normalized spacial score (nSPS) is 19.6. The van der Waals surface area contributed by atoms with Crippen molar-refractivity contribution < 1.29 is 22.7 Å². The van der Waals surface area contributed by atoms with Gasteiger partial charge in [-0.1, -0.05) is 0 Å². The summed E-state index contributed by atoms with van der Waals surface area (Å²) in [6.07, 6.45) is 1.62. The van der Waals surface area contributed by atoms with E-state index < -0.39 is 9.84 Å². The van der Waals surface area contributed by atoms with Crippen molar-refractivity contribution in [3.63, 3.8) is 0 Å². The second kappa shape index (κ2) is 8.92. The fraction of sp³-hybridized carbons (Fsp3) is 0.588. The molecule has 7 nitrogen and oxygen atoms in total. The van der Waals surface area contributed by atoms with Gasteiger partial charge < -0.3 is 20.1 Å². The quantitative estimate of drug-likeness (QED) is 0.792. The molecule has 1 unspecified atom stereocenters. The van der Waals surface area contributed by atoms with Crippen molar-refractivity contribution in [3.05, 3.63) is 18.2 Å². The number of carbonyl (C=O) groups excluding carboxylic acids is 1. The minimum Gasteiger partial charge on any atom is -0.490 e. The highest BCUT2D eigenvalue weighted by Crippen LogP contribution is 2.32. The number of amides is 1. The maximum Gasteiger partial charge on any atom is 0.223 e. The van der Waals surface area contributed by atoms with E-state index in [1.54, 1.807) is 11.0 Å². The number of sulfone groups is 1. The molecule has 0 saturated carbocycles. The molecule has 1 saturated heterocycles.